The van der Waals surface area contributed by atoms with Gasteiger partial charge in [0.15, 0.2) is 0 Å². The van der Waals surface area contributed by atoms with Crippen LogP contribution in [0.4, 0.5) is 0 Å². The Morgan fingerprint density at radius 1 is 1.39 bits per heavy atom. The summed E-state index contributed by atoms with van der Waals surface area (Å²) in [4.78, 5) is 12.0. The predicted octanol–water partition coefficient (Wildman–Crippen LogP) is 2.49. The highest BCUT2D eigenvalue weighted by atomic mass is 35.5. The van der Waals surface area contributed by atoms with Crippen LogP contribution in [0.2, 0.25) is 5.02 Å². The molecule has 2 unspecified atom stereocenters. The highest BCUT2D eigenvalue weighted by Crippen LogP contribution is 2.13. The average molecular weight is 289 g/mol. The Balaban J connectivity index is 0.00000162. The Morgan fingerprint density at radius 2 is 2.06 bits per heavy atom. The van der Waals surface area contributed by atoms with Gasteiger partial charge in [0.05, 0.1) is 0 Å². The lowest BCUT2D eigenvalue weighted by Crippen LogP contribution is -2.48. The fourth-order valence-electron chi connectivity index (χ4n) is 2.08. The molecule has 0 saturated carbocycles. The number of nitrogens with one attached hydrogen (secondary N) is 2. The molecule has 2 atom stereocenters. The van der Waals surface area contributed by atoms with E-state index in [9.17, 15) is 4.79 Å². The number of halogens is 2. The largest absolute Gasteiger partial charge is 0.349 e. The van der Waals surface area contributed by atoms with Crippen molar-refractivity contribution in [3.05, 3.63) is 34.9 Å². The minimum atomic E-state index is -0.0135. The summed E-state index contributed by atoms with van der Waals surface area (Å²) >= 11 is 5.79. The van der Waals surface area contributed by atoms with Crippen molar-refractivity contribution in [3.8, 4) is 0 Å². The van der Waals surface area contributed by atoms with Crippen molar-refractivity contribution >= 4 is 29.9 Å². The molecular weight excluding hydrogens is 271 g/mol. The van der Waals surface area contributed by atoms with Gasteiger partial charge in [-0.25, -0.2) is 0 Å². The molecule has 3 nitrogen and oxygen atoms in total. The first-order chi connectivity index (χ1) is 8.16. The van der Waals surface area contributed by atoms with E-state index in [4.69, 9.17) is 11.6 Å². The SMILES string of the molecule is CC1CNCCC1NC(=O)c1ccc(Cl)cc1.Cl. The van der Waals surface area contributed by atoms with Gasteiger partial charge in [-0.05, 0) is 49.7 Å². The van der Waals surface area contributed by atoms with E-state index in [1.165, 1.54) is 0 Å². The molecule has 0 spiro atoms. The second-order valence-corrected chi connectivity index (χ2v) is 4.99. The highest BCUT2D eigenvalue weighted by molar-refractivity contribution is 6.30. The first-order valence-corrected chi connectivity index (χ1v) is 6.32. The summed E-state index contributed by atoms with van der Waals surface area (Å²) in [5.74, 6) is 0.459. The maximum absolute atomic E-state index is 12.0. The van der Waals surface area contributed by atoms with Crippen LogP contribution in [0.1, 0.15) is 23.7 Å². The fraction of sp³-hybridized carbons (Fsp3) is 0.462. The Kier molecular flexibility index (Phi) is 5.93. The highest BCUT2D eigenvalue weighted by Gasteiger charge is 2.22. The van der Waals surface area contributed by atoms with Crippen molar-refractivity contribution in [2.24, 2.45) is 5.92 Å². The van der Waals surface area contributed by atoms with E-state index in [0.29, 0.717) is 16.5 Å². The third kappa shape index (κ3) is 3.87. The van der Waals surface area contributed by atoms with Gasteiger partial charge in [0.2, 0.25) is 0 Å². The number of carbonyl (C=O) groups excluding carboxylic acids is 1. The van der Waals surface area contributed by atoms with E-state index in [2.05, 4.69) is 17.6 Å². The minimum Gasteiger partial charge on any atom is -0.349 e. The minimum absolute atomic E-state index is 0. The topological polar surface area (TPSA) is 41.1 Å². The third-order valence-electron chi connectivity index (χ3n) is 3.21. The second-order valence-electron chi connectivity index (χ2n) is 4.56. The van der Waals surface area contributed by atoms with Crippen molar-refractivity contribution in [2.45, 2.75) is 19.4 Å². The number of carbonyl (C=O) groups is 1. The van der Waals surface area contributed by atoms with Gasteiger partial charge in [-0.1, -0.05) is 18.5 Å². The predicted molar refractivity (Wildman–Crippen MR) is 76.6 cm³/mol. The number of benzene rings is 1. The molecule has 1 heterocycles. The van der Waals surface area contributed by atoms with Gasteiger partial charge in [-0.2, -0.15) is 0 Å². The summed E-state index contributed by atoms with van der Waals surface area (Å²) in [6, 6.07) is 7.25. The van der Waals surface area contributed by atoms with Crippen LogP contribution in [0, 0.1) is 5.92 Å². The molecule has 1 saturated heterocycles. The lowest BCUT2D eigenvalue weighted by molar-refractivity contribution is 0.0914. The van der Waals surface area contributed by atoms with Crippen LogP contribution in [-0.4, -0.2) is 25.0 Å². The summed E-state index contributed by atoms with van der Waals surface area (Å²) in [6.07, 6.45) is 0.987. The molecule has 0 bridgehead atoms. The molecule has 2 rings (SSSR count). The van der Waals surface area contributed by atoms with E-state index in [1.54, 1.807) is 24.3 Å². The number of amides is 1. The summed E-state index contributed by atoms with van der Waals surface area (Å²) in [5, 5.41) is 7.05. The van der Waals surface area contributed by atoms with Gasteiger partial charge in [-0.3, -0.25) is 4.79 Å². The molecule has 1 aliphatic rings. The van der Waals surface area contributed by atoms with Crippen LogP contribution >= 0.6 is 24.0 Å². The first kappa shape index (κ1) is 15.3. The van der Waals surface area contributed by atoms with Crippen LogP contribution in [0.15, 0.2) is 24.3 Å². The number of hydrogen-bond donors (Lipinski definition) is 2. The molecule has 0 aromatic heterocycles. The van der Waals surface area contributed by atoms with E-state index >= 15 is 0 Å². The normalized spacial score (nSPS) is 23.0. The number of hydrogen-bond acceptors (Lipinski definition) is 2. The quantitative estimate of drug-likeness (QED) is 0.878. The molecule has 1 aliphatic heterocycles. The van der Waals surface area contributed by atoms with E-state index in [0.717, 1.165) is 19.5 Å². The van der Waals surface area contributed by atoms with Crippen molar-refractivity contribution in [2.75, 3.05) is 13.1 Å². The lowest BCUT2D eigenvalue weighted by Gasteiger charge is -2.30. The molecule has 1 fully saturated rings. The van der Waals surface area contributed by atoms with E-state index in [-0.39, 0.29) is 24.4 Å². The molecule has 0 radical (unpaired) electrons. The summed E-state index contributed by atoms with van der Waals surface area (Å²) < 4.78 is 0. The Labute approximate surface area is 119 Å². The molecule has 2 N–H and O–H groups in total. The van der Waals surface area contributed by atoms with Crippen LogP contribution in [-0.2, 0) is 0 Å². The molecular formula is C13H18Cl2N2O. The Hall–Kier alpha value is -0.770. The zero-order chi connectivity index (χ0) is 12.3. The van der Waals surface area contributed by atoms with Gasteiger partial charge in [0.1, 0.15) is 0 Å². The first-order valence-electron chi connectivity index (χ1n) is 5.94. The fourth-order valence-corrected chi connectivity index (χ4v) is 2.21. The zero-order valence-corrected chi connectivity index (χ0v) is 11.9. The van der Waals surface area contributed by atoms with Gasteiger partial charge < -0.3 is 10.6 Å². The third-order valence-corrected chi connectivity index (χ3v) is 3.46. The lowest BCUT2D eigenvalue weighted by atomic mass is 9.95. The van der Waals surface area contributed by atoms with Crippen molar-refractivity contribution in [1.82, 2.24) is 10.6 Å². The summed E-state index contributed by atoms with van der Waals surface area (Å²) in [6.45, 7) is 4.08. The molecule has 1 aromatic rings. The average Bonchev–Trinajstić information content (AvgIpc) is 2.33. The second kappa shape index (κ2) is 6.98. The van der Waals surface area contributed by atoms with Gasteiger partial charge in [0.25, 0.3) is 5.91 Å². The van der Waals surface area contributed by atoms with Crippen LogP contribution in [0.3, 0.4) is 0 Å². The maximum Gasteiger partial charge on any atom is 0.251 e. The van der Waals surface area contributed by atoms with Crippen LogP contribution in [0.5, 0.6) is 0 Å². The van der Waals surface area contributed by atoms with Gasteiger partial charge in [0, 0.05) is 16.6 Å². The summed E-state index contributed by atoms with van der Waals surface area (Å²) in [5.41, 5.74) is 0.667. The molecule has 1 amide bonds. The van der Waals surface area contributed by atoms with Crippen LogP contribution < -0.4 is 10.6 Å². The van der Waals surface area contributed by atoms with E-state index in [1.807, 2.05) is 0 Å². The molecule has 18 heavy (non-hydrogen) atoms. The molecule has 100 valence electrons. The summed E-state index contributed by atoms with van der Waals surface area (Å²) in [7, 11) is 0. The molecule has 0 aliphatic carbocycles. The smallest absolute Gasteiger partial charge is 0.251 e. The van der Waals surface area contributed by atoms with Crippen LogP contribution in [0.25, 0.3) is 0 Å². The Morgan fingerprint density at radius 3 is 2.67 bits per heavy atom. The molecule has 1 aromatic carbocycles. The zero-order valence-electron chi connectivity index (χ0n) is 10.3. The standard InChI is InChI=1S/C13H17ClN2O.ClH/c1-9-8-15-7-6-12(9)16-13(17)10-2-4-11(14)5-3-10;/h2-5,9,12,15H,6-8H2,1H3,(H,16,17);1H. The number of piperidine rings is 1. The van der Waals surface area contributed by atoms with Crippen molar-refractivity contribution in [3.63, 3.8) is 0 Å². The Bertz CT molecular complexity index is 394. The van der Waals surface area contributed by atoms with Gasteiger partial charge >= 0.3 is 0 Å². The maximum atomic E-state index is 12.0. The van der Waals surface area contributed by atoms with Crippen molar-refractivity contribution in [1.29, 1.82) is 0 Å². The number of rotatable bonds is 2. The monoisotopic (exact) mass is 288 g/mol. The van der Waals surface area contributed by atoms with E-state index < -0.39 is 0 Å². The van der Waals surface area contributed by atoms with Gasteiger partial charge in [-0.15, -0.1) is 12.4 Å². The van der Waals surface area contributed by atoms with Crippen molar-refractivity contribution < 1.29 is 4.79 Å². The molecule has 5 heteroatoms.